The first-order chi connectivity index (χ1) is 8.10. The van der Waals surface area contributed by atoms with Gasteiger partial charge in [-0.05, 0) is 26.9 Å². The molecule has 0 aromatic rings. The van der Waals surface area contributed by atoms with E-state index >= 15 is 0 Å². The fourth-order valence-electron chi connectivity index (χ4n) is 2.20. The van der Waals surface area contributed by atoms with Crippen LogP contribution in [0.5, 0.6) is 0 Å². The molecule has 1 saturated heterocycles. The van der Waals surface area contributed by atoms with Gasteiger partial charge in [-0.15, -0.1) is 0 Å². The Balaban J connectivity index is 2.42. The lowest BCUT2D eigenvalue weighted by atomic mass is 10.1. The summed E-state index contributed by atoms with van der Waals surface area (Å²) in [6, 6.07) is 0.0527. The Hall–Kier alpha value is -0.610. The Kier molecular flexibility index (Phi) is 5.92. The molecule has 0 aromatic heterocycles. The number of rotatable bonds is 7. The quantitative estimate of drug-likeness (QED) is 0.729. The van der Waals surface area contributed by atoms with Crippen molar-refractivity contribution in [1.29, 1.82) is 0 Å². The van der Waals surface area contributed by atoms with E-state index in [-0.39, 0.29) is 18.1 Å². The maximum Gasteiger partial charge on any atom is 0.241 e. The molecule has 0 aliphatic carbocycles. The van der Waals surface area contributed by atoms with Crippen LogP contribution in [-0.2, 0) is 4.79 Å². The Morgan fingerprint density at radius 2 is 2.12 bits per heavy atom. The third-order valence-electron chi connectivity index (χ3n) is 3.60. The van der Waals surface area contributed by atoms with Crippen LogP contribution < -0.4 is 5.32 Å². The van der Waals surface area contributed by atoms with Crippen molar-refractivity contribution in [2.75, 3.05) is 26.7 Å². The minimum atomic E-state index is 0.0527. The van der Waals surface area contributed by atoms with Crippen LogP contribution >= 0.6 is 0 Å². The molecule has 0 bridgehead atoms. The van der Waals surface area contributed by atoms with Crippen LogP contribution in [0.1, 0.15) is 40.0 Å². The molecule has 2 unspecified atom stereocenters. The number of hydrogen-bond acceptors (Lipinski definition) is 3. The van der Waals surface area contributed by atoms with Crippen molar-refractivity contribution in [3.8, 4) is 0 Å². The van der Waals surface area contributed by atoms with Crippen LogP contribution in [-0.4, -0.2) is 54.6 Å². The van der Waals surface area contributed by atoms with Gasteiger partial charge < -0.3 is 9.80 Å². The van der Waals surface area contributed by atoms with E-state index in [1.165, 1.54) is 0 Å². The van der Waals surface area contributed by atoms with Gasteiger partial charge in [-0.25, -0.2) is 0 Å². The molecule has 4 heteroatoms. The summed E-state index contributed by atoms with van der Waals surface area (Å²) in [5.41, 5.74) is 0. The number of carbonyl (C=O) groups excluding carboxylic acids is 1. The van der Waals surface area contributed by atoms with Gasteiger partial charge in [-0.3, -0.25) is 10.1 Å². The lowest BCUT2D eigenvalue weighted by Crippen LogP contribution is -2.40. The van der Waals surface area contributed by atoms with Crippen molar-refractivity contribution in [3.05, 3.63) is 0 Å². The third-order valence-corrected chi connectivity index (χ3v) is 3.60. The molecular weight excluding hydrogens is 214 g/mol. The average Bonchev–Trinajstić information content (AvgIpc) is 2.59. The fraction of sp³-hybridized carbons (Fsp3) is 0.923. The lowest BCUT2D eigenvalue weighted by Gasteiger charge is -2.23. The molecule has 100 valence electrons. The fourth-order valence-corrected chi connectivity index (χ4v) is 2.20. The number of hydrogen-bond donors (Lipinski definition) is 1. The molecule has 1 heterocycles. The van der Waals surface area contributed by atoms with E-state index in [0.717, 1.165) is 38.9 Å². The van der Waals surface area contributed by atoms with Gasteiger partial charge >= 0.3 is 0 Å². The molecule has 1 amide bonds. The molecule has 1 fully saturated rings. The van der Waals surface area contributed by atoms with Gasteiger partial charge in [0.1, 0.15) is 0 Å². The van der Waals surface area contributed by atoms with Gasteiger partial charge in [0, 0.05) is 13.1 Å². The first-order valence-electron chi connectivity index (χ1n) is 6.85. The van der Waals surface area contributed by atoms with E-state index < -0.39 is 0 Å². The summed E-state index contributed by atoms with van der Waals surface area (Å²) >= 11 is 0. The van der Waals surface area contributed by atoms with Crippen molar-refractivity contribution in [3.63, 3.8) is 0 Å². The summed E-state index contributed by atoms with van der Waals surface area (Å²) in [7, 11) is 2.09. The maximum absolute atomic E-state index is 12.2. The smallest absolute Gasteiger partial charge is 0.241 e. The van der Waals surface area contributed by atoms with E-state index in [2.05, 4.69) is 38.0 Å². The van der Waals surface area contributed by atoms with E-state index in [9.17, 15) is 4.79 Å². The van der Waals surface area contributed by atoms with Gasteiger partial charge in [0.15, 0.2) is 0 Å². The molecule has 1 rings (SSSR count). The van der Waals surface area contributed by atoms with E-state index in [1.807, 2.05) is 4.90 Å². The van der Waals surface area contributed by atoms with Crippen molar-refractivity contribution in [2.24, 2.45) is 0 Å². The number of carbonyl (C=O) groups is 1. The van der Waals surface area contributed by atoms with Crippen molar-refractivity contribution >= 4 is 5.91 Å². The predicted octanol–water partition coefficient (Wildman–Crippen LogP) is 1.27. The third kappa shape index (κ3) is 3.96. The van der Waals surface area contributed by atoms with Crippen LogP contribution in [0.25, 0.3) is 0 Å². The number of nitrogens with one attached hydrogen (secondary N) is 1. The largest absolute Gasteiger partial charge is 0.325 e. The maximum atomic E-state index is 12.2. The monoisotopic (exact) mass is 241 g/mol. The highest BCUT2D eigenvalue weighted by Gasteiger charge is 2.35. The second-order valence-corrected chi connectivity index (χ2v) is 4.96. The van der Waals surface area contributed by atoms with Crippen LogP contribution in [0, 0.1) is 0 Å². The van der Waals surface area contributed by atoms with Gasteiger partial charge in [0.2, 0.25) is 5.91 Å². The summed E-state index contributed by atoms with van der Waals surface area (Å²) in [5, 5.41) is 3.39. The molecule has 4 nitrogen and oxygen atoms in total. The summed E-state index contributed by atoms with van der Waals surface area (Å²) < 4.78 is 0. The minimum Gasteiger partial charge on any atom is -0.325 e. The van der Waals surface area contributed by atoms with E-state index in [0.29, 0.717) is 0 Å². The number of nitrogens with zero attached hydrogens (tertiary/aromatic N) is 2. The van der Waals surface area contributed by atoms with Crippen LogP contribution in [0.4, 0.5) is 0 Å². The van der Waals surface area contributed by atoms with Crippen molar-refractivity contribution < 1.29 is 4.79 Å². The van der Waals surface area contributed by atoms with Crippen molar-refractivity contribution in [2.45, 2.75) is 52.2 Å². The highest BCUT2D eigenvalue weighted by molar-refractivity contribution is 5.84. The van der Waals surface area contributed by atoms with Crippen LogP contribution in [0.3, 0.4) is 0 Å². The standard InChI is InChI=1S/C13H27N3O/c1-5-7-8-12-13(17)16(11(3)14-12)10-9-15(4)6-2/h11-12,14H,5-10H2,1-4H3. The van der Waals surface area contributed by atoms with E-state index in [1.54, 1.807) is 0 Å². The molecule has 1 aliphatic rings. The molecule has 0 spiro atoms. The Bertz CT molecular complexity index is 245. The highest BCUT2D eigenvalue weighted by atomic mass is 16.2. The predicted molar refractivity (Wildman–Crippen MR) is 70.8 cm³/mol. The summed E-state index contributed by atoms with van der Waals surface area (Å²) in [4.78, 5) is 16.4. The topological polar surface area (TPSA) is 35.6 Å². The summed E-state index contributed by atoms with van der Waals surface area (Å²) in [6.45, 7) is 9.20. The summed E-state index contributed by atoms with van der Waals surface area (Å²) in [6.07, 6.45) is 3.44. The molecule has 1 aliphatic heterocycles. The zero-order valence-electron chi connectivity index (χ0n) is 11.7. The summed E-state index contributed by atoms with van der Waals surface area (Å²) in [5.74, 6) is 0.287. The molecular formula is C13H27N3O. The zero-order chi connectivity index (χ0) is 12.8. The molecule has 0 radical (unpaired) electrons. The zero-order valence-corrected chi connectivity index (χ0v) is 11.7. The van der Waals surface area contributed by atoms with E-state index in [4.69, 9.17) is 0 Å². The normalized spacial score (nSPS) is 25.0. The van der Waals surface area contributed by atoms with Gasteiger partial charge in [0.05, 0.1) is 12.2 Å². The molecule has 1 N–H and O–H groups in total. The SMILES string of the molecule is CCCCC1NC(C)N(CCN(C)CC)C1=O. The Morgan fingerprint density at radius 3 is 2.71 bits per heavy atom. The molecule has 0 aromatic carbocycles. The number of unbranched alkanes of at least 4 members (excludes halogenated alkanes) is 1. The molecule has 17 heavy (non-hydrogen) atoms. The lowest BCUT2D eigenvalue weighted by molar-refractivity contribution is -0.130. The van der Waals surface area contributed by atoms with Crippen LogP contribution in [0.15, 0.2) is 0 Å². The Labute approximate surface area is 105 Å². The number of likely N-dealkylation sites (N-methyl/N-ethyl adjacent to an activating group) is 1. The van der Waals surface area contributed by atoms with Gasteiger partial charge in [0.25, 0.3) is 0 Å². The average molecular weight is 241 g/mol. The van der Waals surface area contributed by atoms with Crippen LogP contribution in [0.2, 0.25) is 0 Å². The molecule has 0 saturated carbocycles. The van der Waals surface area contributed by atoms with Gasteiger partial charge in [-0.1, -0.05) is 26.7 Å². The first kappa shape index (κ1) is 14.5. The number of amides is 1. The second kappa shape index (κ2) is 6.97. The highest BCUT2D eigenvalue weighted by Crippen LogP contribution is 2.14. The van der Waals surface area contributed by atoms with Crippen molar-refractivity contribution in [1.82, 2.24) is 15.1 Å². The first-order valence-corrected chi connectivity index (χ1v) is 6.85. The van der Waals surface area contributed by atoms with Gasteiger partial charge in [-0.2, -0.15) is 0 Å². The second-order valence-electron chi connectivity index (χ2n) is 4.96. The minimum absolute atomic E-state index is 0.0527. The Morgan fingerprint density at radius 1 is 1.41 bits per heavy atom. The molecule has 2 atom stereocenters.